The molecule has 0 aliphatic rings. The second kappa shape index (κ2) is 71.5. The third-order valence-corrected chi connectivity index (χ3v) is 0. The summed E-state index contributed by atoms with van der Waals surface area (Å²) in [6, 6.07) is 0. The van der Waals surface area contributed by atoms with E-state index in [2.05, 4.69) is 0 Å². The number of rotatable bonds is 0. The van der Waals surface area contributed by atoms with Gasteiger partial charge < -0.3 is 21.9 Å². The van der Waals surface area contributed by atoms with E-state index in [0.29, 0.717) is 0 Å². The van der Waals surface area contributed by atoms with Gasteiger partial charge in [0.25, 0.3) is 0 Å². The molecule has 0 atom stereocenters. The fourth-order valence-electron chi connectivity index (χ4n) is 0. The molecule has 0 saturated carbocycles. The summed E-state index contributed by atoms with van der Waals surface area (Å²) in [5.41, 5.74) is 0. The number of hydrogen-bond acceptors (Lipinski definition) is 0. The topological polar surface area (TPSA) is 126 Å². The van der Waals surface area contributed by atoms with Crippen LogP contribution in [0, 0.1) is 35.6 Å². The van der Waals surface area contributed by atoms with Crippen molar-refractivity contribution in [3.05, 3.63) is 0 Å². The Labute approximate surface area is 105 Å². The molecule has 0 aromatic heterocycles. The van der Waals surface area contributed by atoms with Gasteiger partial charge in [0.2, 0.25) is 0 Å². The molecule has 0 aliphatic carbocycles. The van der Waals surface area contributed by atoms with Crippen LogP contribution in [-0.4, -0.2) is 49.2 Å². The fraction of sp³-hybridized carbons (Fsp3) is 0. The Kier molecular flexibility index (Phi) is 1040. The summed E-state index contributed by atoms with van der Waals surface area (Å²) in [5, 5.41) is 0. The fourth-order valence-corrected chi connectivity index (χ4v) is 0. The zero-order chi connectivity index (χ0) is 0. The zero-order valence-corrected chi connectivity index (χ0v) is 12.7. The predicted molar refractivity (Wildman–Crippen MR) is 20.2 cm³/mol. The van der Waals surface area contributed by atoms with E-state index in [1.54, 1.807) is 0 Å². The van der Waals surface area contributed by atoms with Crippen LogP contribution in [0.3, 0.4) is 0 Å². The van der Waals surface area contributed by atoms with Crippen LogP contribution in [0.5, 0.6) is 0 Å². The first kappa shape index (κ1) is 102. The van der Waals surface area contributed by atoms with E-state index in [1.165, 1.54) is 0 Å². The van der Waals surface area contributed by atoms with Gasteiger partial charge in [-0.3, -0.25) is 0 Å². The first-order valence-corrected chi connectivity index (χ1v) is 0. The maximum atomic E-state index is 0. The van der Waals surface area contributed by atoms with E-state index < -0.39 is 0 Å². The molecule has 0 fully saturated rings. The quantitative estimate of drug-likeness (QED) is 0.327. The van der Waals surface area contributed by atoms with Crippen molar-refractivity contribution in [1.82, 2.24) is 0 Å². The van der Waals surface area contributed by atoms with Gasteiger partial charge >= 0.3 is 0 Å². The Morgan fingerprint density at radius 3 is 0.571 bits per heavy atom. The van der Waals surface area contributed by atoms with E-state index in [0.717, 1.165) is 0 Å². The second-order valence-electron chi connectivity index (χ2n) is 0. The van der Waals surface area contributed by atoms with Crippen LogP contribution in [0.2, 0.25) is 0 Å². The molecule has 0 aromatic rings. The van der Waals surface area contributed by atoms with Gasteiger partial charge in [0.15, 0.2) is 0 Å². The van der Waals surface area contributed by atoms with Crippen molar-refractivity contribution in [3.8, 4) is 0 Å². The average Bonchev–Trinajstić information content (AvgIpc) is 0. The summed E-state index contributed by atoms with van der Waals surface area (Å²) >= 11 is 0. The Bertz CT molecular complexity index is 11.7. The van der Waals surface area contributed by atoms with Gasteiger partial charge in [-0.15, -0.1) is 0 Å². The normalized spacial score (nSPS) is 0. The molecule has 8 N–H and O–H groups in total. The number of hydrogen-bond donors (Lipinski definition) is 0. The van der Waals surface area contributed by atoms with E-state index in [9.17, 15) is 0 Å². The van der Waals surface area contributed by atoms with Gasteiger partial charge in [0, 0.05) is 84.6 Å². The van der Waals surface area contributed by atoms with Crippen molar-refractivity contribution in [3.63, 3.8) is 0 Å². The molecule has 0 rings (SSSR count). The summed E-state index contributed by atoms with van der Waals surface area (Å²) in [4.78, 5) is 0. The van der Waals surface area contributed by atoms with E-state index >= 15 is 0 Å². The molecule has 0 heterocycles. The Morgan fingerprint density at radius 2 is 0.571 bits per heavy atom. The summed E-state index contributed by atoms with van der Waals surface area (Å²) in [7, 11) is 0. The molecule has 0 unspecified atom stereocenters. The van der Waals surface area contributed by atoms with Crippen LogP contribution in [0.1, 0.15) is 0 Å². The largest absolute Gasteiger partial charge is 0.412 e. The first-order chi connectivity index (χ1) is 0. The minimum Gasteiger partial charge on any atom is -0.412 e. The van der Waals surface area contributed by atoms with Crippen molar-refractivity contribution in [2.45, 2.75) is 0 Å². The minimum atomic E-state index is 0. The van der Waals surface area contributed by atoms with E-state index in [-0.39, 0.29) is 107 Å². The molecule has 7 heavy (non-hydrogen) atoms. The summed E-state index contributed by atoms with van der Waals surface area (Å²) in [6.45, 7) is 0. The smallest absolute Gasteiger partial charge is 0 e. The maximum absolute atomic E-state index is 0. The van der Waals surface area contributed by atoms with Crippen molar-refractivity contribution in [1.29, 1.82) is 0 Å². The summed E-state index contributed by atoms with van der Waals surface area (Å²) in [5.74, 6) is 0. The minimum absolute atomic E-state index is 0. The monoisotopic (exact) mass is 467 g/mol. The van der Waals surface area contributed by atoms with Gasteiger partial charge in [-0.2, -0.15) is 0 Å². The molecule has 5 radical (unpaired) electrons. The van der Waals surface area contributed by atoms with Gasteiger partial charge in [-0.05, 0) is 0 Å². The molecule has 0 bridgehead atoms. The average molecular weight is 466 g/mol. The molecular formula is H8LaO4PbTi. The Hall–Kier alpha value is 2.67. The van der Waals surface area contributed by atoms with Crippen LogP contribution in [0.4, 0.5) is 0 Å². The van der Waals surface area contributed by atoms with E-state index in [1.807, 2.05) is 0 Å². The molecule has 0 spiro atoms. The summed E-state index contributed by atoms with van der Waals surface area (Å²) < 4.78 is 0. The van der Waals surface area contributed by atoms with Crippen LogP contribution in [-0.2, 0) is 21.7 Å². The molecule has 0 aromatic carbocycles. The maximum Gasteiger partial charge on any atom is 0 e. The van der Waals surface area contributed by atoms with Crippen molar-refractivity contribution < 1.29 is 79.2 Å². The van der Waals surface area contributed by atoms with Crippen LogP contribution < -0.4 is 0 Å². The zero-order valence-electron chi connectivity index (χ0n) is 3.58. The van der Waals surface area contributed by atoms with Crippen molar-refractivity contribution >= 4 is 27.3 Å². The second-order valence-corrected chi connectivity index (χ2v) is 0. The Balaban J connectivity index is 0. The SMILES string of the molecule is O.O.O.O.[La].[Pb].[Ti]. The molecule has 0 saturated heterocycles. The molecule has 7 heteroatoms. The molecule has 43 valence electrons. The third-order valence-electron chi connectivity index (χ3n) is 0. The van der Waals surface area contributed by atoms with Gasteiger partial charge in [-0.25, -0.2) is 0 Å². The molecule has 0 aliphatic heterocycles. The van der Waals surface area contributed by atoms with Crippen molar-refractivity contribution in [2.75, 3.05) is 0 Å². The van der Waals surface area contributed by atoms with Crippen LogP contribution in [0.25, 0.3) is 0 Å². The molecular weight excluding hydrogens is 458 g/mol. The third kappa shape index (κ3) is 54.1. The molecule has 0 amide bonds. The Morgan fingerprint density at radius 1 is 0.571 bits per heavy atom. The van der Waals surface area contributed by atoms with Gasteiger partial charge in [0.05, 0.1) is 0 Å². The molecule has 4 nitrogen and oxygen atoms in total. The van der Waals surface area contributed by atoms with Gasteiger partial charge in [-0.1, -0.05) is 0 Å². The first-order valence-electron chi connectivity index (χ1n) is 0. The standard InChI is InChI=1S/La.4H2O.Pb.Ti/h;4*1H2;;. The van der Waals surface area contributed by atoms with E-state index in [4.69, 9.17) is 0 Å². The summed E-state index contributed by atoms with van der Waals surface area (Å²) in [6.07, 6.45) is 0. The van der Waals surface area contributed by atoms with Crippen LogP contribution >= 0.6 is 0 Å². The van der Waals surface area contributed by atoms with Crippen LogP contribution in [0.15, 0.2) is 0 Å². The predicted octanol–water partition coefficient (Wildman–Crippen LogP) is -3.68. The van der Waals surface area contributed by atoms with Crippen molar-refractivity contribution in [2.24, 2.45) is 0 Å². The van der Waals surface area contributed by atoms with Gasteiger partial charge in [0.1, 0.15) is 0 Å².